The highest BCUT2D eigenvalue weighted by Gasteiger charge is 2.21. The lowest BCUT2D eigenvalue weighted by Crippen LogP contribution is -2.38. The highest BCUT2D eigenvalue weighted by molar-refractivity contribution is 6.32. The summed E-state index contributed by atoms with van der Waals surface area (Å²) in [6.07, 6.45) is 5.87. The van der Waals surface area contributed by atoms with E-state index in [9.17, 15) is 4.79 Å². The molecule has 0 aromatic carbocycles. The number of carbonyl (C=O) groups is 1. The Morgan fingerprint density at radius 2 is 2.17 bits per heavy atom. The predicted octanol–water partition coefficient (Wildman–Crippen LogP) is 3.30. The molecule has 2 amide bonds. The SMILES string of the molecule is Cc1ccc(NC(=O)N2CC=C(c3ncc(-c4nnc(CO)o4)cc3Cl)CC2)nc1. The molecule has 0 bridgehead atoms. The zero-order valence-corrected chi connectivity index (χ0v) is 16.9. The minimum absolute atomic E-state index is 0.124. The summed E-state index contributed by atoms with van der Waals surface area (Å²) < 4.78 is 5.31. The van der Waals surface area contributed by atoms with Crippen LogP contribution in [0, 0.1) is 6.92 Å². The van der Waals surface area contributed by atoms with Gasteiger partial charge in [0.1, 0.15) is 12.4 Å². The Morgan fingerprint density at radius 1 is 1.30 bits per heavy atom. The van der Waals surface area contributed by atoms with E-state index in [-0.39, 0.29) is 24.4 Å². The quantitative estimate of drug-likeness (QED) is 0.657. The fourth-order valence-electron chi connectivity index (χ4n) is 3.02. The first-order valence-corrected chi connectivity index (χ1v) is 9.68. The molecule has 0 fully saturated rings. The van der Waals surface area contributed by atoms with Crippen LogP contribution in [-0.2, 0) is 6.61 Å². The van der Waals surface area contributed by atoms with Gasteiger partial charge >= 0.3 is 6.03 Å². The second kappa shape index (κ2) is 8.60. The number of nitrogens with one attached hydrogen (secondary N) is 1. The maximum absolute atomic E-state index is 12.5. The molecule has 154 valence electrons. The van der Waals surface area contributed by atoms with E-state index in [1.165, 1.54) is 0 Å². The molecule has 10 heteroatoms. The number of anilines is 1. The van der Waals surface area contributed by atoms with Gasteiger partial charge in [0, 0.05) is 25.5 Å². The standard InChI is InChI=1S/C20H19ClN6O3/c1-12-2-3-16(22-9-12)24-20(29)27-6-4-13(5-7-27)18-15(21)8-14(10-23-18)19-26-25-17(11-28)30-19/h2-4,8-10,28H,5-7,11H2,1H3,(H,22,24,29). The van der Waals surface area contributed by atoms with E-state index in [0.717, 1.165) is 11.1 Å². The molecule has 2 N–H and O–H groups in total. The van der Waals surface area contributed by atoms with Gasteiger partial charge in [0.15, 0.2) is 0 Å². The fraction of sp³-hybridized carbons (Fsp3) is 0.250. The largest absolute Gasteiger partial charge is 0.418 e. The number of urea groups is 1. The van der Waals surface area contributed by atoms with Gasteiger partial charge in [-0.15, -0.1) is 10.2 Å². The molecule has 4 heterocycles. The van der Waals surface area contributed by atoms with Crippen LogP contribution in [0.3, 0.4) is 0 Å². The molecule has 3 aromatic rings. The van der Waals surface area contributed by atoms with E-state index in [0.29, 0.717) is 41.6 Å². The van der Waals surface area contributed by atoms with E-state index >= 15 is 0 Å². The highest BCUT2D eigenvalue weighted by atomic mass is 35.5. The van der Waals surface area contributed by atoms with E-state index in [1.54, 1.807) is 29.4 Å². The Morgan fingerprint density at radius 3 is 2.80 bits per heavy atom. The van der Waals surface area contributed by atoms with Crippen LogP contribution in [-0.4, -0.2) is 49.3 Å². The number of carbonyl (C=O) groups excluding carboxylic acids is 1. The smallest absolute Gasteiger partial charge is 0.323 e. The van der Waals surface area contributed by atoms with Gasteiger partial charge in [-0.3, -0.25) is 10.3 Å². The van der Waals surface area contributed by atoms with Crippen LogP contribution in [0.15, 0.2) is 41.1 Å². The van der Waals surface area contributed by atoms with Gasteiger partial charge in [0.2, 0.25) is 11.8 Å². The zero-order chi connectivity index (χ0) is 21.1. The van der Waals surface area contributed by atoms with Crippen LogP contribution in [0.2, 0.25) is 5.02 Å². The van der Waals surface area contributed by atoms with Crippen molar-refractivity contribution < 1.29 is 14.3 Å². The molecule has 0 radical (unpaired) electrons. The number of aliphatic hydroxyl groups excluding tert-OH is 1. The summed E-state index contributed by atoms with van der Waals surface area (Å²) in [6, 6.07) is 5.16. The number of halogens is 1. The summed E-state index contributed by atoms with van der Waals surface area (Å²) >= 11 is 6.43. The number of rotatable bonds is 4. The maximum atomic E-state index is 12.5. The molecule has 30 heavy (non-hydrogen) atoms. The lowest BCUT2D eigenvalue weighted by atomic mass is 10.0. The number of aliphatic hydroxyl groups is 1. The molecular formula is C20H19ClN6O3. The Bertz CT molecular complexity index is 1100. The van der Waals surface area contributed by atoms with Gasteiger partial charge in [-0.2, -0.15) is 0 Å². The number of pyridine rings is 2. The molecule has 1 aliphatic heterocycles. The monoisotopic (exact) mass is 426 g/mol. The molecule has 0 spiro atoms. The number of amides is 2. The van der Waals surface area contributed by atoms with E-state index in [2.05, 4.69) is 25.5 Å². The van der Waals surface area contributed by atoms with Crippen molar-refractivity contribution in [3.05, 3.63) is 58.8 Å². The molecule has 0 saturated carbocycles. The number of aromatic nitrogens is 4. The minimum atomic E-state index is -0.330. The van der Waals surface area contributed by atoms with Gasteiger partial charge < -0.3 is 14.4 Å². The van der Waals surface area contributed by atoms with Crippen molar-refractivity contribution in [3.63, 3.8) is 0 Å². The molecule has 0 unspecified atom stereocenters. The van der Waals surface area contributed by atoms with Crippen molar-refractivity contribution in [3.8, 4) is 11.5 Å². The van der Waals surface area contributed by atoms with E-state index < -0.39 is 0 Å². The van der Waals surface area contributed by atoms with Gasteiger partial charge in [-0.25, -0.2) is 9.78 Å². The third-order valence-electron chi connectivity index (χ3n) is 4.64. The summed E-state index contributed by atoms with van der Waals surface area (Å²) in [7, 11) is 0. The summed E-state index contributed by atoms with van der Waals surface area (Å²) in [4.78, 5) is 22.8. The Kier molecular flexibility index (Phi) is 5.73. The molecule has 0 saturated heterocycles. The van der Waals surface area contributed by atoms with Crippen LogP contribution < -0.4 is 5.32 Å². The zero-order valence-electron chi connectivity index (χ0n) is 16.2. The van der Waals surface area contributed by atoms with Gasteiger partial charge in [-0.1, -0.05) is 23.7 Å². The van der Waals surface area contributed by atoms with E-state index in [4.69, 9.17) is 21.1 Å². The summed E-state index contributed by atoms with van der Waals surface area (Å²) in [5, 5.41) is 19.9. The molecule has 1 aliphatic rings. The molecule has 0 aliphatic carbocycles. The van der Waals surface area contributed by atoms with Crippen molar-refractivity contribution in [2.75, 3.05) is 18.4 Å². The number of aryl methyl sites for hydroxylation is 1. The van der Waals surface area contributed by atoms with Crippen LogP contribution in [0.5, 0.6) is 0 Å². The number of hydrogen-bond donors (Lipinski definition) is 2. The molecule has 3 aromatic heterocycles. The maximum Gasteiger partial charge on any atom is 0.323 e. The van der Waals surface area contributed by atoms with Gasteiger partial charge in [0.05, 0.1) is 16.3 Å². The second-order valence-electron chi connectivity index (χ2n) is 6.79. The predicted molar refractivity (Wildman–Crippen MR) is 111 cm³/mol. The minimum Gasteiger partial charge on any atom is -0.418 e. The second-order valence-corrected chi connectivity index (χ2v) is 7.20. The highest BCUT2D eigenvalue weighted by Crippen LogP contribution is 2.30. The first-order valence-electron chi connectivity index (χ1n) is 9.30. The van der Waals surface area contributed by atoms with Gasteiger partial charge in [0.25, 0.3) is 0 Å². The number of hydrogen-bond acceptors (Lipinski definition) is 7. The average Bonchev–Trinajstić information content (AvgIpc) is 3.25. The lowest BCUT2D eigenvalue weighted by molar-refractivity contribution is 0.217. The fourth-order valence-corrected chi connectivity index (χ4v) is 3.31. The summed E-state index contributed by atoms with van der Waals surface area (Å²) in [6.45, 7) is 2.59. The van der Waals surface area contributed by atoms with Crippen LogP contribution in [0.25, 0.3) is 17.0 Å². The summed E-state index contributed by atoms with van der Waals surface area (Å²) in [5.41, 5.74) is 3.22. The molecule has 0 atom stereocenters. The topological polar surface area (TPSA) is 117 Å². The van der Waals surface area contributed by atoms with Crippen molar-refractivity contribution >= 4 is 29.0 Å². The Hall–Kier alpha value is -3.30. The first-order chi connectivity index (χ1) is 14.5. The Balaban J connectivity index is 1.43. The lowest BCUT2D eigenvalue weighted by Gasteiger charge is -2.26. The molecule has 9 nitrogen and oxygen atoms in total. The first kappa shape index (κ1) is 20.0. The van der Waals surface area contributed by atoms with E-state index in [1.807, 2.05) is 19.1 Å². The molecular weight excluding hydrogens is 408 g/mol. The number of nitrogens with zero attached hydrogens (tertiary/aromatic N) is 5. The Labute approximate surface area is 177 Å². The third-order valence-corrected chi connectivity index (χ3v) is 4.93. The normalized spacial score (nSPS) is 13.8. The summed E-state index contributed by atoms with van der Waals surface area (Å²) in [5.74, 6) is 0.885. The average molecular weight is 427 g/mol. The molecule has 4 rings (SSSR count). The van der Waals surface area contributed by atoms with Crippen molar-refractivity contribution in [2.45, 2.75) is 20.0 Å². The van der Waals surface area contributed by atoms with Crippen molar-refractivity contribution in [1.82, 2.24) is 25.1 Å². The van der Waals surface area contributed by atoms with Crippen LogP contribution in [0.1, 0.15) is 23.6 Å². The van der Waals surface area contributed by atoms with Crippen LogP contribution in [0.4, 0.5) is 10.6 Å². The van der Waals surface area contributed by atoms with Crippen LogP contribution >= 0.6 is 11.6 Å². The van der Waals surface area contributed by atoms with Crippen molar-refractivity contribution in [2.24, 2.45) is 0 Å². The third kappa shape index (κ3) is 4.32. The van der Waals surface area contributed by atoms with Gasteiger partial charge in [-0.05, 0) is 36.6 Å². The van der Waals surface area contributed by atoms with Crippen molar-refractivity contribution in [1.29, 1.82) is 0 Å².